The van der Waals surface area contributed by atoms with Gasteiger partial charge in [0.1, 0.15) is 0 Å². The molecule has 0 aliphatic heterocycles. The van der Waals surface area contributed by atoms with Gasteiger partial charge in [0, 0.05) is 0 Å². The third-order valence-electron chi connectivity index (χ3n) is 1.61. The molecule has 0 aromatic carbocycles. The highest BCUT2D eigenvalue weighted by Crippen LogP contribution is 2.09. The van der Waals surface area contributed by atoms with Crippen LogP contribution in [0.15, 0.2) is 12.7 Å². The molecular weight excluding hydrogens is 162 g/mol. The molecule has 0 unspecified atom stereocenters. The fourth-order valence-corrected chi connectivity index (χ4v) is 1.83. The van der Waals surface area contributed by atoms with Crippen LogP contribution in [0.2, 0.25) is 0 Å². The highest BCUT2D eigenvalue weighted by atomic mass is 32.2. The lowest BCUT2D eigenvalue weighted by atomic mass is 10.2. The van der Waals surface area contributed by atoms with Crippen LogP contribution in [-0.2, 0) is 10.0 Å². The van der Waals surface area contributed by atoms with Crippen LogP contribution in [0, 0.1) is 0 Å². The smallest absolute Gasteiger partial charge is 0.211 e. The van der Waals surface area contributed by atoms with Crippen LogP contribution in [0.25, 0.3) is 0 Å². The Morgan fingerprint density at radius 1 is 1.64 bits per heavy atom. The van der Waals surface area contributed by atoms with Gasteiger partial charge >= 0.3 is 0 Å². The second kappa shape index (κ2) is 4.51. The summed E-state index contributed by atoms with van der Waals surface area (Å²) in [5, 5.41) is 4.57. The number of allylic oxidation sites excluding steroid dienone is 1. The first kappa shape index (κ1) is 10.7. The van der Waals surface area contributed by atoms with E-state index in [1.165, 1.54) is 0 Å². The molecule has 0 aliphatic carbocycles. The molecular formula is C7H15NO2S. The SMILES string of the molecule is C=CCC[C@@H](CC)S(N)(=O)=O. The first-order valence-electron chi connectivity index (χ1n) is 3.64. The van der Waals surface area contributed by atoms with Gasteiger partial charge in [-0.2, -0.15) is 0 Å². The highest BCUT2D eigenvalue weighted by molar-refractivity contribution is 7.89. The summed E-state index contributed by atoms with van der Waals surface area (Å²) in [6, 6.07) is 0. The molecule has 0 bridgehead atoms. The largest absolute Gasteiger partial charge is 0.228 e. The molecule has 2 N–H and O–H groups in total. The lowest BCUT2D eigenvalue weighted by Gasteiger charge is -2.09. The summed E-state index contributed by atoms with van der Waals surface area (Å²) in [6.07, 6.45) is 3.56. The van der Waals surface area contributed by atoms with E-state index < -0.39 is 15.3 Å². The molecule has 0 fully saturated rings. The normalized spacial score (nSPS) is 14.4. The number of rotatable bonds is 5. The second-order valence-electron chi connectivity index (χ2n) is 2.49. The van der Waals surface area contributed by atoms with E-state index in [0.717, 1.165) is 0 Å². The van der Waals surface area contributed by atoms with Crippen LogP contribution < -0.4 is 5.14 Å². The lowest BCUT2D eigenvalue weighted by Crippen LogP contribution is -2.27. The second-order valence-corrected chi connectivity index (χ2v) is 4.33. The number of primary sulfonamides is 1. The Balaban J connectivity index is 4.07. The average Bonchev–Trinajstić information content (AvgIpc) is 1.87. The van der Waals surface area contributed by atoms with Gasteiger partial charge in [-0.25, -0.2) is 13.6 Å². The standard InChI is InChI=1S/C7H15NO2S/c1-3-5-6-7(4-2)11(8,9)10/h3,7H,1,4-6H2,2H3,(H2,8,9,10)/t7-/m1/s1. The fourth-order valence-electron chi connectivity index (χ4n) is 0.904. The minimum absolute atomic E-state index is 0.402. The van der Waals surface area contributed by atoms with E-state index >= 15 is 0 Å². The van der Waals surface area contributed by atoms with E-state index in [4.69, 9.17) is 5.14 Å². The molecule has 11 heavy (non-hydrogen) atoms. The van der Waals surface area contributed by atoms with Crippen molar-refractivity contribution in [2.75, 3.05) is 0 Å². The molecule has 0 aliphatic rings. The molecule has 4 heteroatoms. The Morgan fingerprint density at radius 2 is 2.18 bits per heavy atom. The molecule has 1 atom stereocenters. The van der Waals surface area contributed by atoms with Crippen molar-refractivity contribution in [3.8, 4) is 0 Å². The van der Waals surface area contributed by atoms with Crippen molar-refractivity contribution in [1.82, 2.24) is 0 Å². The molecule has 0 heterocycles. The Kier molecular flexibility index (Phi) is 4.37. The van der Waals surface area contributed by atoms with Crippen LogP contribution in [0.5, 0.6) is 0 Å². The molecule has 0 saturated heterocycles. The predicted molar refractivity (Wildman–Crippen MR) is 46.6 cm³/mol. The van der Waals surface area contributed by atoms with E-state index in [1.807, 2.05) is 6.92 Å². The summed E-state index contributed by atoms with van der Waals surface area (Å²) in [6.45, 7) is 5.33. The molecule has 0 radical (unpaired) electrons. The zero-order valence-corrected chi connectivity index (χ0v) is 7.60. The Morgan fingerprint density at radius 3 is 2.45 bits per heavy atom. The van der Waals surface area contributed by atoms with Gasteiger partial charge < -0.3 is 0 Å². The molecule has 0 spiro atoms. The molecule has 0 rings (SSSR count). The minimum atomic E-state index is -3.33. The van der Waals surface area contributed by atoms with E-state index in [0.29, 0.717) is 19.3 Å². The predicted octanol–water partition coefficient (Wildman–Crippen LogP) is 1.02. The summed E-state index contributed by atoms with van der Waals surface area (Å²) in [7, 11) is -3.33. The summed E-state index contributed by atoms with van der Waals surface area (Å²) in [4.78, 5) is 0. The van der Waals surface area contributed by atoms with Crippen molar-refractivity contribution in [3.63, 3.8) is 0 Å². The maximum atomic E-state index is 10.8. The lowest BCUT2D eigenvalue weighted by molar-refractivity contribution is 0.569. The third-order valence-corrected chi connectivity index (χ3v) is 3.11. The first-order valence-corrected chi connectivity index (χ1v) is 5.25. The maximum absolute atomic E-state index is 10.8. The number of hydrogen-bond acceptors (Lipinski definition) is 2. The quantitative estimate of drug-likeness (QED) is 0.637. The van der Waals surface area contributed by atoms with Gasteiger partial charge in [0.25, 0.3) is 0 Å². The molecule has 3 nitrogen and oxygen atoms in total. The Bertz CT molecular complexity index is 208. The number of sulfonamides is 1. The summed E-state index contributed by atoms with van der Waals surface area (Å²) in [5.41, 5.74) is 0. The third kappa shape index (κ3) is 4.16. The summed E-state index contributed by atoms with van der Waals surface area (Å²) < 4.78 is 21.6. The van der Waals surface area contributed by atoms with E-state index in [9.17, 15) is 8.42 Å². The first-order chi connectivity index (χ1) is 5.02. The molecule has 0 saturated carbocycles. The van der Waals surface area contributed by atoms with Crippen LogP contribution in [0.3, 0.4) is 0 Å². The van der Waals surface area contributed by atoms with Gasteiger partial charge in [-0.15, -0.1) is 6.58 Å². The monoisotopic (exact) mass is 177 g/mol. The van der Waals surface area contributed by atoms with Crippen molar-refractivity contribution < 1.29 is 8.42 Å². The van der Waals surface area contributed by atoms with Crippen LogP contribution in [0.1, 0.15) is 26.2 Å². The minimum Gasteiger partial charge on any atom is -0.228 e. The van der Waals surface area contributed by atoms with Gasteiger partial charge in [0.15, 0.2) is 0 Å². The van der Waals surface area contributed by atoms with Crippen LogP contribution in [0.4, 0.5) is 0 Å². The van der Waals surface area contributed by atoms with Crippen molar-refractivity contribution in [3.05, 3.63) is 12.7 Å². The fraction of sp³-hybridized carbons (Fsp3) is 0.714. The van der Waals surface area contributed by atoms with Crippen molar-refractivity contribution in [2.45, 2.75) is 31.4 Å². The zero-order chi connectivity index (χ0) is 8.91. The Hall–Kier alpha value is -0.350. The molecule has 0 aromatic heterocycles. The van der Waals surface area contributed by atoms with Gasteiger partial charge in [-0.05, 0) is 19.3 Å². The molecule has 66 valence electrons. The van der Waals surface area contributed by atoms with Crippen molar-refractivity contribution in [1.29, 1.82) is 0 Å². The van der Waals surface area contributed by atoms with Gasteiger partial charge in [0.2, 0.25) is 10.0 Å². The van der Waals surface area contributed by atoms with Gasteiger partial charge in [0.05, 0.1) is 5.25 Å². The highest BCUT2D eigenvalue weighted by Gasteiger charge is 2.17. The topological polar surface area (TPSA) is 60.2 Å². The van der Waals surface area contributed by atoms with Crippen molar-refractivity contribution in [2.24, 2.45) is 5.14 Å². The van der Waals surface area contributed by atoms with Crippen LogP contribution in [-0.4, -0.2) is 13.7 Å². The van der Waals surface area contributed by atoms with Crippen LogP contribution >= 0.6 is 0 Å². The van der Waals surface area contributed by atoms with Crippen molar-refractivity contribution >= 4 is 10.0 Å². The molecule has 0 aromatic rings. The zero-order valence-electron chi connectivity index (χ0n) is 6.79. The maximum Gasteiger partial charge on any atom is 0.211 e. The van der Waals surface area contributed by atoms with E-state index in [-0.39, 0.29) is 0 Å². The number of nitrogens with two attached hydrogens (primary N) is 1. The Labute approximate surface area is 68.3 Å². The average molecular weight is 177 g/mol. The summed E-state index contributed by atoms with van der Waals surface area (Å²) >= 11 is 0. The summed E-state index contributed by atoms with van der Waals surface area (Å²) in [5.74, 6) is 0. The molecule has 0 amide bonds. The van der Waals surface area contributed by atoms with E-state index in [2.05, 4.69) is 6.58 Å². The van der Waals surface area contributed by atoms with Gasteiger partial charge in [-0.3, -0.25) is 0 Å². The van der Waals surface area contributed by atoms with E-state index in [1.54, 1.807) is 6.08 Å². The number of hydrogen-bond donors (Lipinski definition) is 1. The van der Waals surface area contributed by atoms with Gasteiger partial charge in [-0.1, -0.05) is 13.0 Å².